The van der Waals surface area contributed by atoms with Gasteiger partial charge < -0.3 is 14.8 Å². The number of anilines is 1. The summed E-state index contributed by atoms with van der Waals surface area (Å²) in [5, 5.41) is 4.44. The number of hydrogen-bond donors (Lipinski definition) is 1. The van der Waals surface area contributed by atoms with Gasteiger partial charge in [0, 0.05) is 0 Å². The molecule has 0 unspecified atom stereocenters. The molecule has 0 bridgehead atoms. The highest BCUT2D eigenvalue weighted by molar-refractivity contribution is 7.11. The summed E-state index contributed by atoms with van der Waals surface area (Å²) in [6, 6.07) is 8.83. The first-order valence-electron chi connectivity index (χ1n) is 6.25. The number of benzene rings is 1. The van der Waals surface area contributed by atoms with E-state index >= 15 is 0 Å². The summed E-state index contributed by atoms with van der Waals surface area (Å²) in [5.41, 5.74) is 1.54. The number of nitrogens with one attached hydrogen (secondary N) is 1. The average Bonchev–Trinajstić information content (AvgIpc) is 2.99. The number of rotatable bonds is 5. The standard InChI is InChI=1S/C15H15NO4S/c1-10-5-6-12(19-2)11(8-10)16-14(17)9-20-15(18)13-4-3-7-21-13/h3-8H,9H2,1-2H3,(H,16,17). The van der Waals surface area contributed by atoms with E-state index < -0.39 is 11.9 Å². The predicted molar refractivity (Wildman–Crippen MR) is 81.0 cm³/mol. The summed E-state index contributed by atoms with van der Waals surface area (Å²) in [6.07, 6.45) is 0. The van der Waals surface area contributed by atoms with Gasteiger partial charge in [-0.15, -0.1) is 11.3 Å². The summed E-state index contributed by atoms with van der Waals surface area (Å²) < 4.78 is 10.1. The van der Waals surface area contributed by atoms with Crippen LogP contribution in [-0.4, -0.2) is 25.6 Å². The van der Waals surface area contributed by atoms with Crippen LogP contribution in [0.2, 0.25) is 0 Å². The summed E-state index contributed by atoms with van der Waals surface area (Å²) in [6.45, 7) is 1.57. The van der Waals surface area contributed by atoms with Crippen LogP contribution < -0.4 is 10.1 Å². The van der Waals surface area contributed by atoms with E-state index in [1.54, 1.807) is 29.6 Å². The van der Waals surface area contributed by atoms with Crippen molar-refractivity contribution in [3.8, 4) is 5.75 Å². The molecule has 1 aromatic carbocycles. The van der Waals surface area contributed by atoms with Gasteiger partial charge in [0.25, 0.3) is 5.91 Å². The molecule has 2 rings (SSSR count). The highest BCUT2D eigenvalue weighted by atomic mass is 32.1. The van der Waals surface area contributed by atoms with E-state index in [4.69, 9.17) is 9.47 Å². The smallest absolute Gasteiger partial charge is 0.348 e. The van der Waals surface area contributed by atoms with Gasteiger partial charge in [0.1, 0.15) is 10.6 Å². The van der Waals surface area contributed by atoms with Crippen LogP contribution in [0.3, 0.4) is 0 Å². The maximum atomic E-state index is 11.8. The van der Waals surface area contributed by atoms with E-state index in [2.05, 4.69) is 5.32 Å². The molecule has 0 atom stereocenters. The summed E-state index contributed by atoms with van der Waals surface area (Å²) in [4.78, 5) is 23.9. The summed E-state index contributed by atoms with van der Waals surface area (Å²) in [5.74, 6) is -0.362. The second-order valence-corrected chi connectivity index (χ2v) is 5.25. The normalized spacial score (nSPS) is 10.0. The van der Waals surface area contributed by atoms with Crippen molar-refractivity contribution in [3.63, 3.8) is 0 Å². The highest BCUT2D eigenvalue weighted by Crippen LogP contribution is 2.25. The minimum atomic E-state index is -0.503. The number of esters is 1. The Morgan fingerprint density at radius 3 is 2.76 bits per heavy atom. The Bertz CT molecular complexity index is 637. The third-order valence-corrected chi connectivity index (χ3v) is 3.54. The zero-order valence-corrected chi connectivity index (χ0v) is 12.5. The lowest BCUT2D eigenvalue weighted by Gasteiger charge is -2.11. The van der Waals surface area contributed by atoms with Gasteiger partial charge in [-0.2, -0.15) is 0 Å². The second kappa shape index (κ2) is 6.90. The fourth-order valence-electron chi connectivity index (χ4n) is 1.70. The van der Waals surface area contributed by atoms with Crippen LogP contribution in [0.25, 0.3) is 0 Å². The van der Waals surface area contributed by atoms with Crippen molar-refractivity contribution in [3.05, 3.63) is 46.2 Å². The van der Waals surface area contributed by atoms with Gasteiger partial charge in [-0.3, -0.25) is 4.79 Å². The molecule has 1 amide bonds. The van der Waals surface area contributed by atoms with Crippen molar-refractivity contribution in [2.45, 2.75) is 6.92 Å². The number of amides is 1. The molecule has 110 valence electrons. The van der Waals surface area contributed by atoms with Gasteiger partial charge in [0.05, 0.1) is 12.8 Å². The van der Waals surface area contributed by atoms with Crippen molar-refractivity contribution in [1.82, 2.24) is 0 Å². The molecule has 0 fully saturated rings. The summed E-state index contributed by atoms with van der Waals surface area (Å²) >= 11 is 1.27. The van der Waals surface area contributed by atoms with Crippen molar-refractivity contribution >= 4 is 28.9 Å². The van der Waals surface area contributed by atoms with E-state index in [1.807, 2.05) is 13.0 Å². The quantitative estimate of drug-likeness (QED) is 0.863. The Balaban J connectivity index is 1.93. The van der Waals surface area contributed by atoms with Crippen LogP contribution in [0.4, 0.5) is 5.69 Å². The minimum absolute atomic E-state index is 0.339. The number of aryl methyl sites for hydroxylation is 1. The van der Waals surface area contributed by atoms with Gasteiger partial charge in [-0.05, 0) is 36.1 Å². The van der Waals surface area contributed by atoms with Crippen molar-refractivity contribution in [2.75, 3.05) is 19.0 Å². The van der Waals surface area contributed by atoms with E-state index in [1.165, 1.54) is 18.4 Å². The van der Waals surface area contributed by atoms with Gasteiger partial charge in [-0.1, -0.05) is 12.1 Å². The largest absolute Gasteiger partial charge is 0.495 e. The maximum Gasteiger partial charge on any atom is 0.348 e. The zero-order chi connectivity index (χ0) is 15.2. The van der Waals surface area contributed by atoms with E-state index in [-0.39, 0.29) is 6.61 Å². The SMILES string of the molecule is COc1ccc(C)cc1NC(=O)COC(=O)c1cccs1. The third-order valence-electron chi connectivity index (χ3n) is 2.69. The minimum Gasteiger partial charge on any atom is -0.495 e. The molecule has 1 aromatic heterocycles. The monoisotopic (exact) mass is 305 g/mol. The first kappa shape index (κ1) is 15.1. The number of ether oxygens (including phenoxy) is 2. The lowest BCUT2D eigenvalue weighted by molar-refractivity contribution is -0.119. The summed E-state index contributed by atoms with van der Waals surface area (Å²) in [7, 11) is 1.52. The van der Waals surface area contributed by atoms with Gasteiger partial charge >= 0.3 is 5.97 Å². The van der Waals surface area contributed by atoms with Crippen molar-refractivity contribution in [2.24, 2.45) is 0 Å². The van der Waals surface area contributed by atoms with Crippen LogP contribution in [0.1, 0.15) is 15.2 Å². The Hall–Kier alpha value is -2.34. The molecule has 0 saturated heterocycles. The fraction of sp³-hybridized carbons (Fsp3) is 0.200. The first-order valence-corrected chi connectivity index (χ1v) is 7.13. The molecule has 21 heavy (non-hydrogen) atoms. The molecule has 0 aliphatic rings. The first-order chi connectivity index (χ1) is 10.1. The predicted octanol–water partition coefficient (Wildman–Crippen LogP) is 2.86. The molecule has 0 aliphatic carbocycles. The number of carbonyl (C=O) groups is 2. The molecule has 0 spiro atoms. The molecule has 1 N–H and O–H groups in total. The second-order valence-electron chi connectivity index (χ2n) is 4.31. The van der Waals surface area contributed by atoms with Crippen LogP contribution >= 0.6 is 11.3 Å². The zero-order valence-electron chi connectivity index (χ0n) is 11.7. The lowest BCUT2D eigenvalue weighted by Crippen LogP contribution is -2.21. The molecule has 0 saturated carbocycles. The third kappa shape index (κ3) is 4.06. The van der Waals surface area contributed by atoms with Gasteiger partial charge in [0.2, 0.25) is 0 Å². The van der Waals surface area contributed by atoms with Crippen LogP contribution in [0, 0.1) is 6.92 Å². The highest BCUT2D eigenvalue weighted by Gasteiger charge is 2.12. The molecular formula is C15H15NO4S. The number of carbonyl (C=O) groups excluding carboxylic acids is 2. The Kier molecular flexibility index (Phi) is 4.94. The van der Waals surface area contributed by atoms with E-state index in [9.17, 15) is 9.59 Å². The van der Waals surface area contributed by atoms with Crippen LogP contribution in [-0.2, 0) is 9.53 Å². The van der Waals surface area contributed by atoms with Crippen molar-refractivity contribution < 1.29 is 19.1 Å². The Morgan fingerprint density at radius 1 is 1.29 bits per heavy atom. The van der Waals surface area contributed by atoms with Gasteiger partial charge in [-0.25, -0.2) is 4.79 Å². The number of methoxy groups -OCH3 is 1. The van der Waals surface area contributed by atoms with Gasteiger partial charge in [0.15, 0.2) is 6.61 Å². The molecule has 5 nitrogen and oxygen atoms in total. The average molecular weight is 305 g/mol. The molecule has 0 radical (unpaired) electrons. The topological polar surface area (TPSA) is 64.6 Å². The van der Waals surface area contributed by atoms with Crippen LogP contribution in [0.5, 0.6) is 5.75 Å². The van der Waals surface area contributed by atoms with Crippen LogP contribution in [0.15, 0.2) is 35.7 Å². The molecule has 1 heterocycles. The fourth-order valence-corrected chi connectivity index (χ4v) is 2.32. The number of hydrogen-bond acceptors (Lipinski definition) is 5. The molecule has 2 aromatic rings. The van der Waals surface area contributed by atoms with Crippen molar-refractivity contribution in [1.29, 1.82) is 0 Å². The van der Waals surface area contributed by atoms with E-state index in [0.717, 1.165) is 5.56 Å². The number of thiophene rings is 1. The Morgan fingerprint density at radius 2 is 2.10 bits per heavy atom. The molecular weight excluding hydrogens is 290 g/mol. The molecule has 0 aliphatic heterocycles. The molecule has 6 heteroatoms. The Labute approximate surface area is 126 Å². The van der Waals surface area contributed by atoms with E-state index in [0.29, 0.717) is 16.3 Å². The lowest BCUT2D eigenvalue weighted by atomic mass is 10.2. The maximum absolute atomic E-state index is 11.8.